The summed E-state index contributed by atoms with van der Waals surface area (Å²) in [6.45, 7) is 10.2. The molecule has 5 nitrogen and oxygen atoms in total. The van der Waals surface area contributed by atoms with E-state index in [0.717, 1.165) is 16.8 Å². The highest BCUT2D eigenvalue weighted by Gasteiger charge is 2.15. The third kappa shape index (κ3) is 4.77. The molecule has 0 aliphatic heterocycles. The molecule has 1 N–H and O–H groups in total. The monoisotopic (exact) mass is 441 g/mol. The third-order valence-corrected chi connectivity index (χ3v) is 5.93. The third-order valence-electron chi connectivity index (χ3n) is 4.72. The van der Waals surface area contributed by atoms with E-state index in [-0.39, 0.29) is 23.1 Å². The first kappa shape index (κ1) is 22.1. The van der Waals surface area contributed by atoms with Crippen LogP contribution in [0.2, 0.25) is 5.02 Å². The van der Waals surface area contributed by atoms with E-state index in [1.807, 2.05) is 25.1 Å². The number of carbonyl (C=O) groups excluding carboxylic acids is 1. The van der Waals surface area contributed by atoms with Crippen LogP contribution in [0.1, 0.15) is 30.9 Å². The summed E-state index contributed by atoms with van der Waals surface area (Å²) in [5.41, 5.74) is 3.29. The van der Waals surface area contributed by atoms with Crippen LogP contribution in [-0.2, 0) is 11.3 Å². The van der Waals surface area contributed by atoms with Gasteiger partial charge in [0.15, 0.2) is 5.16 Å². The first-order valence-electron chi connectivity index (χ1n) is 9.65. The van der Waals surface area contributed by atoms with Crippen molar-refractivity contribution in [2.45, 2.75) is 38.4 Å². The number of aryl methyl sites for hydroxylation is 1. The predicted octanol–water partition coefficient (Wildman–Crippen LogP) is 5.40. The van der Waals surface area contributed by atoms with E-state index in [4.69, 9.17) is 11.6 Å². The van der Waals surface area contributed by atoms with Gasteiger partial charge in [-0.25, -0.2) is 4.98 Å². The molecule has 0 aliphatic rings. The van der Waals surface area contributed by atoms with Gasteiger partial charge in [0.05, 0.1) is 16.7 Å². The Hall–Kier alpha value is -2.57. The number of nitrogens with one attached hydrogen (secondary N) is 1. The Morgan fingerprint density at radius 3 is 2.80 bits per heavy atom. The summed E-state index contributed by atoms with van der Waals surface area (Å²) in [5.74, 6) is 0.265. The number of fused-ring (bicyclic) bond motifs is 1. The fourth-order valence-corrected chi connectivity index (χ4v) is 4.20. The van der Waals surface area contributed by atoms with E-state index in [2.05, 4.69) is 30.7 Å². The Kier molecular flexibility index (Phi) is 7.00. The van der Waals surface area contributed by atoms with E-state index in [9.17, 15) is 9.59 Å². The second-order valence-electron chi connectivity index (χ2n) is 7.29. The van der Waals surface area contributed by atoms with Crippen LogP contribution >= 0.6 is 23.4 Å². The Morgan fingerprint density at radius 1 is 1.33 bits per heavy atom. The standard InChI is InChI=1S/C23H24ClN3O2S/c1-5-11-27-22(29)18-10-9-16(24)12-19(18)25-23(27)30-13-20(28)26-21-15(4)7-6-8-17(21)14(2)3/h5-10,12,14H,1,11,13H2,2-4H3,(H,26,28). The van der Waals surface area contributed by atoms with Crippen LogP contribution in [0.15, 0.2) is 59.0 Å². The molecule has 3 rings (SSSR count). The number of rotatable bonds is 7. The number of thioether (sulfide) groups is 1. The molecule has 30 heavy (non-hydrogen) atoms. The lowest BCUT2D eigenvalue weighted by molar-refractivity contribution is -0.113. The van der Waals surface area contributed by atoms with Crippen molar-refractivity contribution in [3.8, 4) is 0 Å². The first-order valence-corrected chi connectivity index (χ1v) is 11.0. The van der Waals surface area contributed by atoms with Crippen LogP contribution in [0, 0.1) is 6.92 Å². The highest BCUT2D eigenvalue weighted by molar-refractivity contribution is 7.99. The van der Waals surface area contributed by atoms with Gasteiger partial charge < -0.3 is 5.32 Å². The van der Waals surface area contributed by atoms with E-state index in [1.54, 1.807) is 24.3 Å². The summed E-state index contributed by atoms with van der Waals surface area (Å²) >= 11 is 7.28. The van der Waals surface area contributed by atoms with E-state index in [1.165, 1.54) is 16.3 Å². The minimum Gasteiger partial charge on any atom is -0.325 e. The van der Waals surface area contributed by atoms with Crippen LogP contribution in [-0.4, -0.2) is 21.2 Å². The summed E-state index contributed by atoms with van der Waals surface area (Å²) in [5, 5.41) is 4.47. The molecule has 1 amide bonds. The van der Waals surface area contributed by atoms with Gasteiger partial charge in [0.25, 0.3) is 5.56 Å². The number of hydrogen-bond acceptors (Lipinski definition) is 4. The average Bonchev–Trinajstić information content (AvgIpc) is 2.70. The number of amides is 1. The smallest absolute Gasteiger partial charge is 0.262 e. The molecule has 2 aromatic carbocycles. The molecule has 1 heterocycles. The maximum atomic E-state index is 12.9. The molecular weight excluding hydrogens is 418 g/mol. The summed E-state index contributed by atoms with van der Waals surface area (Å²) in [6.07, 6.45) is 1.64. The molecular formula is C23H24ClN3O2S. The zero-order chi connectivity index (χ0) is 21.8. The van der Waals surface area contributed by atoms with Crippen LogP contribution in [0.3, 0.4) is 0 Å². The summed E-state index contributed by atoms with van der Waals surface area (Å²) in [7, 11) is 0. The Labute approximate surface area is 185 Å². The van der Waals surface area contributed by atoms with E-state index in [0.29, 0.717) is 27.6 Å². The Bertz CT molecular complexity index is 1170. The number of anilines is 1. The van der Waals surface area contributed by atoms with Gasteiger partial charge in [-0.05, 0) is 42.2 Å². The Balaban J connectivity index is 1.87. The molecule has 156 valence electrons. The van der Waals surface area contributed by atoms with Gasteiger partial charge in [-0.3, -0.25) is 14.2 Å². The molecule has 0 saturated heterocycles. The highest BCUT2D eigenvalue weighted by Crippen LogP contribution is 2.28. The number of halogens is 1. The van der Waals surface area contributed by atoms with Gasteiger partial charge in [-0.2, -0.15) is 0 Å². The molecule has 0 radical (unpaired) electrons. The minimum absolute atomic E-state index is 0.127. The maximum absolute atomic E-state index is 12.9. The van der Waals surface area contributed by atoms with E-state index < -0.39 is 0 Å². The minimum atomic E-state index is -0.180. The van der Waals surface area contributed by atoms with Crippen molar-refractivity contribution in [2.24, 2.45) is 0 Å². The second kappa shape index (κ2) is 9.49. The molecule has 0 fully saturated rings. The lowest BCUT2D eigenvalue weighted by Gasteiger charge is -2.16. The Morgan fingerprint density at radius 2 is 2.10 bits per heavy atom. The maximum Gasteiger partial charge on any atom is 0.262 e. The number of allylic oxidation sites excluding steroid dienone is 1. The van der Waals surface area contributed by atoms with Crippen molar-refractivity contribution in [1.29, 1.82) is 0 Å². The molecule has 3 aromatic rings. The van der Waals surface area contributed by atoms with Gasteiger partial charge in [-0.15, -0.1) is 6.58 Å². The first-order chi connectivity index (χ1) is 14.3. The van der Waals surface area contributed by atoms with Crippen LogP contribution in [0.25, 0.3) is 10.9 Å². The fourth-order valence-electron chi connectivity index (χ4n) is 3.22. The average molecular weight is 442 g/mol. The van der Waals surface area contributed by atoms with Crippen molar-refractivity contribution in [2.75, 3.05) is 11.1 Å². The second-order valence-corrected chi connectivity index (χ2v) is 8.67. The topological polar surface area (TPSA) is 64.0 Å². The van der Waals surface area contributed by atoms with Crippen LogP contribution < -0.4 is 10.9 Å². The molecule has 0 spiro atoms. The number of para-hydroxylation sites is 1. The van der Waals surface area contributed by atoms with Crippen molar-refractivity contribution < 1.29 is 4.79 Å². The number of aromatic nitrogens is 2. The van der Waals surface area contributed by atoms with Crippen LogP contribution in [0.4, 0.5) is 5.69 Å². The number of nitrogens with zero attached hydrogens (tertiary/aromatic N) is 2. The lowest BCUT2D eigenvalue weighted by atomic mass is 9.98. The quantitative estimate of drug-likeness (QED) is 0.303. The summed E-state index contributed by atoms with van der Waals surface area (Å²) < 4.78 is 1.52. The van der Waals surface area contributed by atoms with Crippen molar-refractivity contribution in [3.05, 3.63) is 75.6 Å². The van der Waals surface area contributed by atoms with Gasteiger partial charge in [-0.1, -0.05) is 61.5 Å². The fraction of sp³-hybridized carbons (Fsp3) is 0.261. The van der Waals surface area contributed by atoms with Gasteiger partial charge in [0.1, 0.15) is 0 Å². The van der Waals surface area contributed by atoms with E-state index >= 15 is 0 Å². The molecule has 7 heteroatoms. The van der Waals surface area contributed by atoms with Gasteiger partial charge >= 0.3 is 0 Å². The van der Waals surface area contributed by atoms with Gasteiger partial charge in [0, 0.05) is 17.3 Å². The van der Waals surface area contributed by atoms with Crippen molar-refractivity contribution >= 4 is 45.9 Å². The number of carbonyl (C=O) groups is 1. The predicted molar refractivity (Wildman–Crippen MR) is 126 cm³/mol. The molecule has 0 aliphatic carbocycles. The summed E-state index contributed by atoms with van der Waals surface area (Å²) in [4.78, 5) is 30.1. The zero-order valence-corrected chi connectivity index (χ0v) is 18.8. The normalized spacial score (nSPS) is 11.1. The summed E-state index contributed by atoms with van der Waals surface area (Å²) in [6, 6.07) is 11.0. The molecule has 0 bridgehead atoms. The molecule has 1 aromatic heterocycles. The lowest BCUT2D eigenvalue weighted by Crippen LogP contribution is -2.24. The zero-order valence-electron chi connectivity index (χ0n) is 17.2. The SMILES string of the molecule is C=CCn1c(SCC(=O)Nc2c(C)cccc2C(C)C)nc2cc(Cl)ccc2c1=O. The van der Waals surface area contributed by atoms with Crippen molar-refractivity contribution in [3.63, 3.8) is 0 Å². The van der Waals surface area contributed by atoms with Crippen molar-refractivity contribution in [1.82, 2.24) is 9.55 Å². The van der Waals surface area contributed by atoms with Crippen LogP contribution in [0.5, 0.6) is 0 Å². The number of hydrogen-bond donors (Lipinski definition) is 1. The molecule has 0 saturated carbocycles. The largest absolute Gasteiger partial charge is 0.325 e. The molecule has 0 unspecified atom stereocenters. The highest BCUT2D eigenvalue weighted by atomic mass is 35.5. The molecule has 0 atom stereocenters. The number of benzene rings is 2. The van der Waals surface area contributed by atoms with Gasteiger partial charge in [0.2, 0.25) is 5.91 Å².